The molecule has 5 heteroatoms. The van der Waals surface area contributed by atoms with E-state index in [1.165, 1.54) is 17.2 Å². The first kappa shape index (κ1) is 18.5. The van der Waals surface area contributed by atoms with Gasteiger partial charge in [-0.1, -0.05) is 41.4 Å². The lowest BCUT2D eigenvalue weighted by molar-refractivity contribution is 0.493. The summed E-state index contributed by atoms with van der Waals surface area (Å²) in [6.45, 7) is 3.48. The third-order valence-corrected chi connectivity index (χ3v) is 3.90. The highest BCUT2D eigenvalue weighted by atomic mass is 35.5. The van der Waals surface area contributed by atoms with Crippen molar-refractivity contribution >= 4 is 24.0 Å². The van der Waals surface area contributed by atoms with Crippen LogP contribution in [0.2, 0.25) is 5.02 Å². The van der Waals surface area contributed by atoms with E-state index < -0.39 is 5.82 Å². The van der Waals surface area contributed by atoms with Crippen LogP contribution in [-0.4, -0.2) is 0 Å². The highest BCUT2D eigenvalue weighted by Gasteiger charge is 2.07. The maximum atomic E-state index is 13.2. The summed E-state index contributed by atoms with van der Waals surface area (Å²) in [6.07, 6.45) is 0. The van der Waals surface area contributed by atoms with E-state index >= 15 is 0 Å². The van der Waals surface area contributed by atoms with E-state index in [4.69, 9.17) is 16.0 Å². The molecule has 3 aromatic rings. The first-order valence-electron chi connectivity index (χ1n) is 7.42. The highest BCUT2D eigenvalue weighted by Crippen LogP contribution is 2.26. The lowest BCUT2D eigenvalue weighted by Crippen LogP contribution is -2.11. The fourth-order valence-electron chi connectivity index (χ4n) is 2.31. The van der Waals surface area contributed by atoms with Gasteiger partial charge in [0.1, 0.15) is 17.3 Å². The van der Waals surface area contributed by atoms with Crippen LogP contribution in [0.15, 0.2) is 59.0 Å². The van der Waals surface area contributed by atoms with Crippen LogP contribution in [0.5, 0.6) is 0 Å². The van der Waals surface area contributed by atoms with E-state index in [9.17, 15) is 4.39 Å². The zero-order valence-corrected chi connectivity index (χ0v) is 14.8. The molecule has 0 saturated heterocycles. The molecule has 1 N–H and O–H groups in total. The summed E-state index contributed by atoms with van der Waals surface area (Å²) < 4.78 is 19.0. The number of halogens is 3. The summed E-state index contributed by atoms with van der Waals surface area (Å²) in [5.74, 6) is 1.08. The fraction of sp³-hybridized carbons (Fsp3) is 0.158. The molecule has 1 aromatic heterocycles. The summed E-state index contributed by atoms with van der Waals surface area (Å²) in [7, 11) is 0. The lowest BCUT2D eigenvalue weighted by Gasteiger charge is -2.04. The van der Waals surface area contributed by atoms with Gasteiger partial charge in [0.2, 0.25) is 0 Å². The molecule has 2 nitrogen and oxygen atoms in total. The topological polar surface area (TPSA) is 25.2 Å². The van der Waals surface area contributed by atoms with Crippen molar-refractivity contribution < 1.29 is 8.81 Å². The molecular weight excluding hydrogens is 348 g/mol. The van der Waals surface area contributed by atoms with E-state index in [2.05, 4.69) is 36.5 Å². The second kappa shape index (κ2) is 8.34. The zero-order chi connectivity index (χ0) is 16.2. The molecule has 0 aliphatic carbocycles. The summed E-state index contributed by atoms with van der Waals surface area (Å²) >= 11 is 5.80. The van der Waals surface area contributed by atoms with Crippen LogP contribution in [0, 0.1) is 12.7 Å². The molecule has 0 radical (unpaired) electrons. The first-order chi connectivity index (χ1) is 11.1. The van der Waals surface area contributed by atoms with Crippen molar-refractivity contribution in [1.29, 1.82) is 0 Å². The molecular formula is C19H18Cl2FNO. The molecule has 0 amide bonds. The number of benzene rings is 2. The third kappa shape index (κ3) is 4.60. The molecule has 0 bridgehead atoms. The molecule has 0 aliphatic rings. The van der Waals surface area contributed by atoms with Gasteiger partial charge in [0.25, 0.3) is 0 Å². The minimum Gasteiger partial charge on any atom is -0.460 e. The van der Waals surface area contributed by atoms with Gasteiger partial charge in [-0.05, 0) is 42.8 Å². The van der Waals surface area contributed by atoms with Crippen molar-refractivity contribution in [3.8, 4) is 11.3 Å². The van der Waals surface area contributed by atoms with Crippen LogP contribution in [-0.2, 0) is 13.1 Å². The summed E-state index contributed by atoms with van der Waals surface area (Å²) in [5, 5.41) is 3.44. The SMILES string of the molecule is Cc1ccc(CNCc2ccc(-c3ccc(F)c(Cl)c3)o2)cc1.Cl. The number of rotatable bonds is 5. The second-order valence-electron chi connectivity index (χ2n) is 5.48. The zero-order valence-electron chi connectivity index (χ0n) is 13.2. The van der Waals surface area contributed by atoms with E-state index in [0.29, 0.717) is 12.3 Å². The van der Waals surface area contributed by atoms with Gasteiger partial charge in [0.05, 0.1) is 11.6 Å². The van der Waals surface area contributed by atoms with Gasteiger partial charge in [-0.3, -0.25) is 0 Å². The molecule has 0 atom stereocenters. The summed E-state index contributed by atoms with van der Waals surface area (Å²) in [4.78, 5) is 0. The van der Waals surface area contributed by atoms with Gasteiger partial charge >= 0.3 is 0 Å². The number of aryl methyl sites for hydroxylation is 1. The summed E-state index contributed by atoms with van der Waals surface area (Å²) in [6, 6.07) is 16.8. The van der Waals surface area contributed by atoms with Crippen molar-refractivity contribution in [2.24, 2.45) is 0 Å². The molecule has 0 unspecified atom stereocenters. The van der Waals surface area contributed by atoms with E-state index in [0.717, 1.165) is 17.9 Å². The van der Waals surface area contributed by atoms with Crippen LogP contribution < -0.4 is 5.32 Å². The van der Waals surface area contributed by atoms with Gasteiger partial charge in [-0.25, -0.2) is 4.39 Å². The van der Waals surface area contributed by atoms with Crippen LogP contribution in [0.25, 0.3) is 11.3 Å². The molecule has 0 saturated carbocycles. The van der Waals surface area contributed by atoms with Gasteiger partial charge in [0.15, 0.2) is 0 Å². The number of hydrogen-bond donors (Lipinski definition) is 1. The molecule has 2 aromatic carbocycles. The van der Waals surface area contributed by atoms with Gasteiger partial charge in [-0.2, -0.15) is 0 Å². The molecule has 126 valence electrons. The van der Waals surface area contributed by atoms with Crippen LogP contribution in [0.1, 0.15) is 16.9 Å². The number of nitrogens with one attached hydrogen (secondary N) is 1. The van der Waals surface area contributed by atoms with Gasteiger partial charge < -0.3 is 9.73 Å². The van der Waals surface area contributed by atoms with E-state index in [1.54, 1.807) is 12.1 Å². The Hall–Kier alpha value is -1.81. The Balaban J connectivity index is 0.00000208. The van der Waals surface area contributed by atoms with Crippen molar-refractivity contribution in [2.45, 2.75) is 20.0 Å². The smallest absolute Gasteiger partial charge is 0.141 e. The van der Waals surface area contributed by atoms with Crippen LogP contribution in [0.4, 0.5) is 4.39 Å². The minimum absolute atomic E-state index is 0. The van der Waals surface area contributed by atoms with Crippen molar-refractivity contribution in [1.82, 2.24) is 5.32 Å². The number of hydrogen-bond acceptors (Lipinski definition) is 2. The average molecular weight is 366 g/mol. The summed E-state index contributed by atoms with van der Waals surface area (Å²) in [5.41, 5.74) is 3.25. The van der Waals surface area contributed by atoms with Crippen LogP contribution >= 0.6 is 24.0 Å². The second-order valence-corrected chi connectivity index (χ2v) is 5.89. The maximum absolute atomic E-state index is 13.2. The van der Waals surface area contributed by atoms with E-state index in [1.807, 2.05) is 12.1 Å². The maximum Gasteiger partial charge on any atom is 0.141 e. The minimum atomic E-state index is -0.429. The molecule has 0 aliphatic heterocycles. The van der Waals surface area contributed by atoms with Crippen molar-refractivity contribution in [3.63, 3.8) is 0 Å². The average Bonchev–Trinajstić information content (AvgIpc) is 3.01. The molecule has 0 fully saturated rings. The number of furan rings is 1. The normalized spacial score (nSPS) is 10.5. The van der Waals surface area contributed by atoms with Crippen molar-refractivity contribution in [2.75, 3.05) is 0 Å². The Morgan fingerprint density at radius 1 is 1.00 bits per heavy atom. The van der Waals surface area contributed by atoms with Crippen molar-refractivity contribution in [3.05, 3.63) is 82.3 Å². The van der Waals surface area contributed by atoms with Gasteiger partial charge in [0, 0.05) is 12.1 Å². The van der Waals surface area contributed by atoms with Crippen LogP contribution in [0.3, 0.4) is 0 Å². The molecule has 24 heavy (non-hydrogen) atoms. The molecule has 1 heterocycles. The first-order valence-corrected chi connectivity index (χ1v) is 7.80. The Labute approximate surface area is 152 Å². The fourth-order valence-corrected chi connectivity index (χ4v) is 2.49. The highest BCUT2D eigenvalue weighted by molar-refractivity contribution is 6.31. The molecule has 3 rings (SSSR count). The Kier molecular flexibility index (Phi) is 6.44. The Bertz CT molecular complexity index is 799. The predicted molar refractivity (Wildman–Crippen MR) is 98.1 cm³/mol. The van der Waals surface area contributed by atoms with E-state index in [-0.39, 0.29) is 17.4 Å². The lowest BCUT2D eigenvalue weighted by atomic mass is 10.1. The third-order valence-electron chi connectivity index (χ3n) is 3.61. The standard InChI is InChI=1S/C19H17ClFNO.ClH/c1-13-2-4-14(5-3-13)11-22-12-16-7-9-19(23-16)15-6-8-18(21)17(20)10-15;/h2-10,22H,11-12H2,1H3;1H. The largest absolute Gasteiger partial charge is 0.460 e. The van der Waals surface area contributed by atoms with Gasteiger partial charge in [-0.15, -0.1) is 12.4 Å². The molecule has 0 spiro atoms. The quantitative estimate of drug-likeness (QED) is 0.621. The predicted octanol–water partition coefficient (Wildman–Crippen LogP) is 5.76. The Morgan fingerprint density at radius 2 is 1.75 bits per heavy atom. The Morgan fingerprint density at radius 3 is 2.46 bits per heavy atom. The monoisotopic (exact) mass is 365 g/mol.